The van der Waals surface area contributed by atoms with E-state index in [2.05, 4.69) is 4.98 Å². The van der Waals surface area contributed by atoms with Crippen LogP contribution in [-0.4, -0.2) is 34.5 Å². The lowest BCUT2D eigenvalue weighted by Gasteiger charge is -2.20. The minimum absolute atomic E-state index is 0.150. The van der Waals surface area contributed by atoms with Crippen LogP contribution in [0.25, 0.3) is 0 Å². The molecule has 1 amide bonds. The van der Waals surface area contributed by atoms with Crippen LogP contribution in [0.5, 0.6) is 0 Å². The van der Waals surface area contributed by atoms with Gasteiger partial charge in [-0.2, -0.15) is 13.2 Å². The summed E-state index contributed by atoms with van der Waals surface area (Å²) in [6.45, 7) is 5.12. The van der Waals surface area contributed by atoms with Crippen molar-refractivity contribution in [3.05, 3.63) is 17.7 Å². The summed E-state index contributed by atoms with van der Waals surface area (Å²) < 4.78 is 39.4. The van der Waals surface area contributed by atoms with E-state index < -0.39 is 17.3 Å². The molecule has 19 heavy (non-hydrogen) atoms. The van der Waals surface area contributed by atoms with Gasteiger partial charge in [0.05, 0.1) is 0 Å². The summed E-state index contributed by atoms with van der Waals surface area (Å²) in [5.74, 6) is -0.0355. The zero-order valence-corrected chi connectivity index (χ0v) is 11.7. The number of nitrogens with zero attached hydrogens (tertiary/aromatic N) is 3. The van der Waals surface area contributed by atoms with Gasteiger partial charge in [-0.15, -0.1) is 0 Å². The number of rotatable bonds is 2. The second-order valence-electron chi connectivity index (χ2n) is 5.61. The Bertz CT molecular complexity index is 470. The molecule has 0 atom stereocenters. The van der Waals surface area contributed by atoms with Crippen LogP contribution in [0.4, 0.5) is 13.2 Å². The van der Waals surface area contributed by atoms with E-state index in [1.807, 2.05) is 0 Å². The molecule has 0 N–H and O–H groups in total. The summed E-state index contributed by atoms with van der Waals surface area (Å²) in [6.07, 6.45) is -3.62. The average molecular weight is 277 g/mol. The number of carbonyl (C=O) groups is 1. The van der Waals surface area contributed by atoms with Crippen LogP contribution < -0.4 is 0 Å². The van der Waals surface area contributed by atoms with Crippen molar-refractivity contribution in [2.24, 2.45) is 0 Å². The number of likely N-dealkylation sites (N-methyl/N-ethyl adjacent to an activating group) is 1. The predicted octanol–water partition coefficient (Wildman–Crippen LogP) is 2.29. The third-order valence-electron chi connectivity index (χ3n) is 2.54. The SMILES string of the molecule is CN(C)C(=O)Cn1cc(C(F)(F)F)nc1C(C)(C)C. The zero-order valence-electron chi connectivity index (χ0n) is 11.7. The van der Waals surface area contributed by atoms with E-state index >= 15 is 0 Å². The van der Waals surface area contributed by atoms with E-state index in [1.54, 1.807) is 34.9 Å². The maximum absolute atomic E-state index is 12.7. The second-order valence-corrected chi connectivity index (χ2v) is 5.61. The summed E-state index contributed by atoms with van der Waals surface area (Å²) in [5, 5.41) is 0. The molecular formula is C12H18F3N3O. The Balaban J connectivity index is 3.22. The molecule has 4 nitrogen and oxygen atoms in total. The fourth-order valence-corrected chi connectivity index (χ4v) is 1.56. The van der Waals surface area contributed by atoms with Crippen LogP contribution >= 0.6 is 0 Å². The van der Waals surface area contributed by atoms with E-state index in [0.29, 0.717) is 0 Å². The smallest absolute Gasteiger partial charge is 0.347 e. The minimum atomic E-state index is -4.51. The first-order valence-corrected chi connectivity index (χ1v) is 5.78. The van der Waals surface area contributed by atoms with Crippen molar-refractivity contribution >= 4 is 5.91 Å². The van der Waals surface area contributed by atoms with Gasteiger partial charge in [-0.25, -0.2) is 4.98 Å². The summed E-state index contributed by atoms with van der Waals surface area (Å²) in [6, 6.07) is 0. The lowest BCUT2D eigenvalue weighted by molar-refractivity contribution is -0.141. The van der Waals surface area contributed by atoms with Crippen LogP contribution in [-0.2, 0) is 22.9 Å². The summed E-state index contributed by atoms with van der Waals surface area (Å²) >= 11 is 0. The molecule has 0 aromatic carbocycles. The highest BCUT2D eigenvalue weighted by molar-refractivity contribution is 5.75. The van der Waals surface area contributed by atoms with Crippen molar-refractivity contribution in [3.63, 3.8) is 0 Å². The molecule has 1 rings (SSSR count). The summed E-state index contributed by atoms with van der Waals surface area (Å²) in [5.41, 5.74) is -1.54. The Hall–Kier alpha value is -1.53. The van der Waals surface area contributed by atoms with Gasteiger partial charge in [0.2, 0.25) is 5.91 Å². The topological polar surface area (TPSA) is 38.1 Å². The third-order valence-corrected chi connectivity index (χ3v) is 2.54. The number of alkyl halides is 3. The zero-order chi connectivity index (χ0) is 15.0. The van der Waals surface area contributed by atoms with Crippen LogP contribution in [0.2, 0.25) is 0 Å². The first kappa shape index (κ1) is 15.5. The molecule has 0 aliphatic rings. The molecule has 0 radical (unpaired) electrons. The molecule has 1 aromatic rings. The molecule has 0 aliphatic heterocycles. The fourth-order valence-electron chi connectivity index (χ4n) is 1.56. The first-order chi connectivity index (χ1) is 8.43. The van der Waals surface area contributed by atoms with E-state index in [9.17, 15) is 18.0 Å². The molecular weight excluding hydrogens is 259 g/mol. The molecule has 0 saturated heterocycles. The second kappa shape index (κ2) is 4.86. The first-order valence-electron chi connectivity index (χ1n) is 5.78. The van der Waals surface area contributed by atoms with E-state index in [4.69, 9.17) is 0 Å². The van der Waals surface area contributed by atoms with Crippen molar-refractivity contribution in [3.8, 4) is 0 Å². The van der Waals surface area contributed by atoms with Crippen molar-refractivity contribution in [2.75, 3.05) is 14.1 Å². The molecule has 7 heteroatoms. The van der Waals surface area contributed by atoms with Crippen molar-refractivity contribution < 1.29 is 18.0 Å². The minimum Gasteiger partial charge on any atom is -0.347 e. The molecule has 0 spiro atoms. The lowest BCUT2D eigenvalue weighted by atomic mass is 9.95. The molecule has 0 aliphatic carbocycles. The largest absolute Gasteiger partial charge is 0.434 e. The lowest BCUT2D eigenvalue weighted by Crippen LogP contribution is -2.29. The molecule has 1 heterocycles. The van der Waals surface area contributed by atoms with E-state index in [0.717, 1.165) is 6.20 Å². The molecule has 0 saturated carbocycles. The normalized spacial score (nSPS) is 12.6. The quantitative estimate of drug-likeness (QED) is 0.832. The summed E-state index contributed by atoms with van der Waals surface area (Å²) in [4.78, 5) is 16.6. The number of amides is 1. The van der Waals surface area contributed by atoms with Crippen LogP contribution in [0.3, 0.4) is 0 Å². The van der Waals surface area contributed by atoms with Crippen molar-refractivity contribution in [1.82, 2.24) is 14.5 Å². The van der Waals surface area contributed by atoms with Gasteiger partial charge in [-0.05, 0) is 0 Å². The van der Waals surface area contributed by atoms with Gasteiger partial charge in [0.15, 0.2) is 5.69 Å². The number of hydrogen-bond donors (Lipinski definition) is 0. The predicted molar refractivity (Wildman–Crippen MR) is 64.6 cm³/mol. The van der Waals surface area contributed by atoms with Crippen molar-refractivity contribution in [1.29, 1.82) is 0 Å². The molecule has 0 unspecified atom stereocenters. The number of aromatic nitrogens is 2. The van der Waals surface area contributed by atoms with Gasteiger partial charge in [0.25, 0.3) is 0 Å². The molecule has 1 aromatic heterocycles. The number of halogens is 3. The molecule has 0 bridgehead atoms. The highest BCUT2D eigenvalue weighted by Gasteiger charge is 2.36. The van der Waals surface area contributed by atoms with Gasteiger partial charge in [0.1, 0.15) is 12.4 Å². The van der Waals surface area contributed by atoms with Gasteiger partial charge in [-0.3, -0.25) is 4.79 Å². The molecule has 0 fully saturated rings. The van der Waals surface area contributed by atoms with Crippen LogP contribution in [0.1, 0.15) is 32.3 Å². The highest BCUT2D eigenvalue weighted by Crippen LogP contribution is 2.31. The Morgan fingerprint density at radius 1 is 1.32 bits per heavy atom. The third kappa shape index (κ3) is 3.71. The highest BCUT2D eigenvalue weighted by atomic mass is 19.4. The number of carbonyl (C=O) groups excluding carboxylic acids is 1. The van der Waals surface area contributed by atoms with Crippen LogP contribution in [0.15, 0.2) is 6.20 Å². The Labute approximate surface area is 110 Å². The van der Waals surface area contributed by atoms with Crippen LogP contribution in [0, 0.1) is 0 Å². The van der Waals surface area contributed by atoms with Gasteiger partial charge < -0.3 is 9.47 Å². The summed E-state index contributed by atoms with van der Waals surface area (Å²) in [7, 11) is 3.11. The average Bonchev–Trinajstić information content (AvgIpc) is 2.60. The maximum Gasteiger partial charge on any atom is 0.434 e. The molecule has 108 valence electrons. The fraction of sp³-hybridized carbons (Fsp3) is 0.667. The van der Waals surface area contributed by atoms with E-state index in [-0.39, 0.29) is 18.3 Å². The van der Waals surface area contributed by atoms with Gasteiger partial charge >= 0.3 is 6.18 Å². The van der Waals surface area contributed by atoms with E-state index in [1.165, 1.54) is 9.47 Å². The number of imidazole rings is 1. The Kier molecular flexibility index (Phi) is 3.97. The van der Waals surface area contributed by atoms with Gasteiger partial charge in [-0.1, -0.05) is 20.8 Å². The number of hydrogen-bond acceptors (Lipinski definition) is 2. The Morgan fingerprint density at radius 2 is 1.84 bits per heavy atom. The maximum atomic E-state index is 12.7. The Morgan fingerprint density at radius 3 is 2.21 bits per heavy atom. The van der Waals surface area contributed by atoms with Gasteiger partial charge in [0, 0.05) is 25.7 Å². The monoisotopic (exact) mass is 277 g/mol. The van der Waals surface area contributed by atoms with Crippen molar-refractivity contribution in [2.45, 2.75) is 38.9 Å². The standard InChI is InChI=1S/C12H18F3N3O/c1-11(2,3)10-16-8(12(13,14)15)6-18(10)7-9(19)17(4)5/h6H,7H2,1-5H3.